The van der Waals surface area contributed by atoms with Crippen LogP contribution < -0.4 is 4.74 Å². The number of aryl methyl sites for hydroxylation is 1. The number of carbonyl (C=O) groups is 1. The highest BCUT2D eigenvalue weighted by atomic mass is 16.5. The van der Waals surface area contributed by atoms with Gasteiger partial charge in [-0.2, -0.15) is 10.2 Å². The van der Waals surface area contributed by atoms with Crippen LogP contribution in [0.2, 0.25) is 0 Å². The van der Waals surface area contributed by atoms with Crippen LogP contribution in [0.4, 0.5) is 0 Å². The molecule has 1 fully saturated rings. The molecule has 150 valence electrons. The number of carbonyl (C=O) groups excluding carboxylic acids is 1. The van der Waals surface area contributed by atoms with Crippen molar-refractivity contribution < 1.29 is 9.53 Å². The van der Waals surface area contributed by atoms with Crippen molar-refractivity contribution in [1.82, 2.24) is 29.3 Å². The molecule has 8 heteroatoms. The number of fused-ring (bicyclic) bond motifs is 1. The first-order valence-corrected chi connectivity index (χ1v) is 10.0. The van der Waals surface area contributed by atoms with Gasteiger partial charge in [0.05, 0.1) is 24.3 Å². The number of nitrogens with zero attached hydrogens (tertiary/aromatic N) is 6. The standard InChI is InChI=1S/C21H24N6O2/c1-25-12-15(11-23-25)18-13-27-19(8-9-22-27)20(24-18)29-17-7-6-16(10-17)26(2)21(28)14-4-3-5-14/h4,8-9,11-13,16-17H,3,5-7,10H2,1-2H3/t16-,17+/m0/s1. The first-order valence-electron chi connectivity index (χ1n) is 10.0. The Morgan fingerprint density at radius 2 is 2.14 bits per heavy atom. The molecule has 8 nitrogen and oxygen atoms in total. The Morgan fingerprint density at radius 1 is 1.28 bits per heavy atom. The largest absolute Gasteiger partial charge is 0.473 e. The molecule has 1 saturated carbocycles. The van der Waals surface area contributed by atoms with Crippen molar-refractivity contribution in [2.75, 3.05) is 7.05 Å². The number of aromatic nitrogens is 5. The van der Waals surface area contributed by atoms with Crippen molar-refractivity contribution in [3.63, 3.8) is 0 Å². The van der Waals surface area contributed by atoms with Gasteiger partial charge >= 0.3 is 0 Å². The number of amides is 1. The van der Waals surface area contributed by atoms with Crippen molar-refractivity contribution >= 4 is 11.4 Å². The molecule has 0 radical (unpaired) electrons. The topological polar surface area (TPSA) is 77.6 Å². The van der Waals surface area contributed by atoms with Crippen LogP contribution in [-0.4, -0.2) is 54.4 Å². The molecule has 0 aromatic carbocycles. The molecule has 2 aliphatic carbocycles. The monoisotopic (exact) mass is 392 g/mol. The van der Waals surface area contributed by atoms with Crippen molar-refractivity contribution in [2.24, 2.45) is 7.05 Å². The number of hydrogen-bond acceptors (Lipinski definition) is 5. The van der Waals surface area contributed by atoms with E-state index in [0.717, 1.165) is 54.5 Å². The van der Waals surface area contributed by atoms with Crippen LogP contribution in [0, 0.1) is 0 Å². The average Bonchev–Trinajstić information content (AvgIpc) is 3.39. The second kappa shape index (κ2) is 7.02. The van der Waals surface area contributed by atoms with Gasteiger partial charge in [-0.3, -0.25) is 9.48 Å². The Labute approximate surface area is 168 Å². The quantitative estimate of drug-likeness (QED) is 0.667. The van der Waals surface area contributed by atoms with Gasteiger partial charge in [0, 0.05) is 43.9 Å². The van der Waals surface area contributed by atoms with E-state index in [1.165, 1.54) is 0 Å². The minimum Gasteiger partial charge on any atom is -0.473 e. The summed E-state index contributed by atoms with van der Waals surface area (Å²) < 4.78 is 9.86. The van der Waals surface area contributed by atoms with Gasteiger partial charge in [-0.25, -0.2) is 9.50 Å². The second-order valence-electron chi connectivity index (χ2n) is 7.89. The van der Waals surface area contributed by atoms with Crippen molar-refractivity contribution in [3.8, 4) is 17.1 Å². The highest BCUT2D eigenvalue weighted by Gasteiger charge is 2.33. The fraction of sp³-hybridized carbons (Fsp3) is 0.429. The van der Waals surface area contributed by atoms with Gasteiger partial charge in [0.1, 0.15) is 11.6 Å². The molecule has 0 aliphatic heterocycles. The SMILES string of the molecule is CN(C(=O)C1=CCC1)[C@H]1CC[C@@H](Oc2nc(-c3cnn(C)c3)cn3nccc23)C1. The van der Waals surface area contributed by atoms with Crippen LogP contribution in [0.25, 0.3) is 16.8 Å². The van der Waals surface area contributed by atoms with Crippen LogP contribution >= 0.6 is 0 Å². The molecule has 5 rings (SSSR count). The zero-order valence-electron chi connectivity index (χ0n) is 16.7. The fourth-order valence-corrected chi connectivity index (χ4v) is 4.09. The fourth-order valence-electron chi connectivity index (χ4n) is 4.09. The molecule has 2 aliphatic rings. The lowest BCUT2D eigenvalue weighted by Crippen LogP contribution is -2.37. The summed E-state index contributed by atoms with van der Waals surface area (Å²) >= 11 is 0. The van der Waals surface area contributed by atoms with E-state index in [1.807, 2.05) is 43.5 Å². The molecular weight excluding hydrogens is 368 g/mol. The summed E-state index contributed by atoms with van der Waals surface area (Å²) in [4.78, 5) is 19.1. The lowest BCUT2D eigenvalue weighted by atomic mass is 9.97. The third-order valence-corrected chi connectivity index (χ3v) is 5.94. The van der Waals surface area contributed by atoms with Crippen molar-refractivity contribution in [1.29, 1.82) is 0 Å². The maximum atomic E-state index is 12.5. The van der Waals surface area contributed by atoms with E-state index in [0.29, 0.717) is 5.88 Å². The second-order valence-corrected chi connectivity index (χ2v) is 7.89. The van der Waals surface area contributed by atoms with Gasteiger partial charge in [-0.15, -0.1) is 0 Å². The first kappa shape index (κ1) is 17.9. The molecule has 0 unspecified atom stereocenters. The maximum Gasteiger partial charge on any atom is 0.249 e. The molecule has 0 saturated heterocycles. The van der Waals surface area contributed by atoms with Crippen LogP contribution in [0.3, 0.4) is 0 Å². The van der Waals surface area contributed by atoms with Gasteiger partial charge in [-0.1, -0.05) is 6.08 Å². The molecule has 2 atom stereocenters. The molecule has 29 heavy (non-hydrogen) atoms. The van der Waals surface area contributed by atoms with Crippen LogP contribution in [0.5, 0.6) is 5.88 Å². The highest BCUT2D eigenvalue weighted by molar-refractivity contribution is 5.94. The average molecular weight is 392 g/mol. The zero-order chi connectivity index (χ0) is 20.0. The molecule has 0 spiro atoms. The zero-order valence-corrected chi connectivity index (χ0v) is 16.7. The lowest BCUT2D eigenvalue weighted by Gasteiger charge is -2.27. The first-order chi connectivity index (χ1) is 14.1. The van der Waals surface area contributed by atoms with Crippen LogP contribution in [0.15, 0.2) is 42.5 Å². The minimum atomic E-state index is 0.0287. The summed E-state index contributed by atoms with van der Waals surface area (Å²) in [6, 6.07) is 2.11. The van der Waals surface area contributed by atoms with Crippen LogP contribution in [-0.2, 0) is 11.8 Å². The predicted molar refractivity (Wildman–Crippen MR) is 107 cm³/mol. The molecule has 1 amide bonds. The third-order valence-electron chi connectivity index (χ3n) is 5.94. The van der Waals surface area contributed by atoms with E-state index in [1.54, 1.807) is 21.6 Å². The highest BCUT2D eigenvalue weighted by Crippen LogP contribution is 2.31. The Bertz CT molecular complexity index is 1100. The van der Waals surface area contributed by atoms with Crippen molar-refractivity contribution in [3.05, 3.63) is 42.5 Å². The normalized spacial score (nSPS) is 21.1. The third kappa shape index (κ3) is 3.28. The summed E-state index contributed by atoms with van der Waals surface area (Å²) in [6.45, 7) is 0. The number of allylic oxidation sites excluding steroid dienone is 1. The Balaban J connectivity index is 1.35. The lowest BCUT2D eigenvalue weighted by molar-refractivity contribution is -0.128. The summed E-state index contributed by atoms with van der Waals surface area (Å²) in [5.74, 6) is 0.738. The van der Waals surface area contributed by atoms with E-state index in [4.69, 9.17) is 9.72 Å². The number of rotatable bonds is 5. The molecule has 3 aromatic rings. The summed E-state index contributed by atoms with van der Waals surface area (Å²) in [6.07, 6.45) is 14.0. The van der Waals surface area contributed by atoms with E-state index < -0.39 is 0 Å². The summed E-state index contributed by atoms with van der Waals surface area (Å²) in [7, 11) is 3.79. The maximum absolute atomic E-state index is 12.5. The number of hydrogen-bond donors (Lipinski definition) is 0. The summed E-state index contributed by atoms with van der Waals surface area (Å²) in [5.41, 5.74) is 3.47. The van der Waals surface area contributed by atoms with Crippen molar-refractivity contribution in [2.45, 2.75) is 44.2 Å². The van der Waals surface area contributed by atoms with Gasteiger partial charge < -0.3 is 9.64 Å². The summed E-state index contributed by atoms with van der Waals surface area (Å²) in [5, 5.41) is 8.59. The van der Waals surface area contributed by atoms with Gasteiger partial charge in [0.15, 0.2) is 0 Å². The number of ether oxygens (including phenoxy) is 1. The smallest absolute Gasteiger partial charge is 0.249 e. The van der Waals surface area contributed by atoms with Gasteiger partial charge in [0.2, 0.25) is 11.8 Å². The molecule has 0 bridgehead atoms. The van der Waals surface area contributed by atoms with E-state index in [2.05, 4.69) is 10.2 Å². The van der Waals surface area contributed by atoms with E-state index >= 15 is 0 Å². The minimum absolute atomic E-state index is 0.0287. The van der Waals surface area contributed by atoms with E-state index in [9.17, 15) is 4.79 Å². The number of likely N-dealkylation sites (N-methyl/N-ethyl adjacent to an activating group) is 1. The predicted octanol–water partition coefficient (Wildman–Crippen LogP) is 2.61. The van der Waals surface area contributed by atoms with E-state index in [-0.39, 0.29) is 18.1 Å². The molecule has 3 heterocycles. The molecule has 0 N–H and O–H groups in total. The molecule has 3 aromatic heterocycles. The van der Waals surface area contributed by atoms with Gasteiger partial charge in [0.25, 0.3) is 0 Å². The Kier molecular flexibility index (Phi) is 4.34. The Hall–Kier alpha value is -3.16. The molecular formula is C21H24N6O2. The van der Waals surface area contributed by atoms with Crippen LogP contribution in [0.1, 0.15) is 32.1 Å². The Morgan fingerprint density at radius 3 is 2.86 bits per heavy atom. The van der Waals surface area contributed by atoms with Gasteiger partial charge in [-0.05, 0) is 31.7 Å².